The summed E-state index contributed by atoms with van der Waals surface area (Å²) in [7, 11) is 0. The summed E-state index contributed by atoms with van der Waals surface area (Å²) in [4.78, 5) is 0. The molecule has 0 fully saturated rings. The molecule has 2 aliphatic carbocycles. The highest BCUT2D eigenvalue weighted by molar-refractivity contribution is 6.20. The van der Waals surface area contributed by atoms with E-state index in [0.717, 1.165) is 19.3 Å². The molecule has 0 spiro atoms. The molecule has 0 aliphatic heterocycles. The van der Waals surface area contributed by atoms with E-state index < -0.39 is 0 Å². The number of allylic oxidation sites excluding steroid dienone is 5. The predicted molar refractivity (Wildman–Crippen MR) is 198 cm³/mol. The molecule has 0 heteroatoms. The predicted octanol–water partition coefficient (Wildman–Crippen LogP) is 12.6. The fourth-order valence-corrected chi connectivity index (χ4v) is 7.72. The van der Waals surface area contributed by atoms with Crippen LogP contribution in [0.15, 0.2) is 158 Å². The lowest BCUT2D eigenvalue weighted by Crippen LogP contribution is -2.01. The highest BCUT2D eigenvalue weighted by atomic mass is 14.2. The summed E-state index contributed by atoms with van der Waals surface area (Å²) in [5.41, 5.74) is 11.9. The van der Waals surface area contributed by atoms with Gasteiger partial charge in [0, 0.05) is 5.92 Å². The van der Waals surface area contributed by atoms with E-state index in [4.69, 9.17) is 0 Å². The maximum absolute atomic E-state index is 2.52. The third-order valence-corrected chi connectivity index (χ3v) is 10.00. The SMILES string of the molecule is C1=Cc2ccc(-c3ccc4c(-c5ccccc5)c5ccccc5c(C5=CC(c6ccc7ccccc7c6)CC=C5)c4c3)cc2CC1. The molecule has 0 aromatic heterocycles. The molecule has 0 bridgehead atoms. The van der Waals surface area contributed by atoms with Gasteiger partial charge in [-0.1, -0.05) is 158 Å². The van der Waals surface area contributed by atoms with Gasteiger partial charge in [-0.3, -0.25) is 0 Å². The van der Waals surface area contributed by atoms with Crippen molar-refractivity contribution in [2.45, 2.75) is 25.2 Å². The maximum Gasteiger partial charge on any atom is 0.00620 e. The lowest BCUT2D eigenvalue weighted by atomic mass is 9.81. The third-order valence-electron chi connectivity index (χ3n) is 10.00. The molecule has 1 atom stereocenters. The van der Waals surface area contributed by atoms with Gasteiger partial charge < -0.3 is 0 Å². The molecule has 7 aromatic rings. The molecule has 7 aromatic carbocycles. The quantitative estimate of drug-likeness (QED) is 0.180. The van der Waals surface area contributed by atoms with Crippen molar-refractivity contribution >= 4 is 44.0 Å². The number of rotatable bonds is 4. The summed E-state index contributed by atoms with van der Waals surface area (Å²) >= 11 is 0. The average molecular weight is 587 g/mol. The van der Waals surface area contributed by atoms with Gasteiger partial charge in [-0.2, -0.15) is 0 Å². The zero-order valence-corrected chi connectivity index (χ0v) is 25.8. The van der Waals surface area contributed by atoms with E-state index in [1.54, 1.807) is 0 Å². The highest BCUT2D eigenvalue weighted by Gasteiger charge is 2.21. The topological polar surface area (TPSA) is 0 Å². The van der Waals surface area contributed by atoms with Crippen molar-refractivity contribution in [2.24, 2.45) is 0 Å². The van der Waals surface area contributed by atoms with Crippen molar-refractivity contribution in [1.82, 2.24) is 0 Å². The minimum absolute atomic E-state index is 0.323. The highest BCUT2D eigenvalue weighted by Crippen LogP contribution is 2.45. The zero-order chi connectivity index (χ0) is 30.5. The number of hydrogen-bond donors (Lipinski definition) is 0. The molecule has 0 N–H and O–H groups in total. The van der Waals surface area contributed by atoms with Gasteiger partial charge >= 0.3 is 0 Å². The Hall–Kier alpha value is -5.46. The third kappa shape index (κ3) is 4.61. The van der Waals surface area contributed by atoms with Gasteiger partial charge in [0.1, 0.15) is 0 Å². The summed E-state index contributed by atoms with van der Waals surface area (Å²) < 4.78 is 0. The number of fused-ring (bicyclic) bond motifs is 4. The zero-order valence-electron chi connectivity index (χ0n) is 25.8. The van der Waals surface area contributed by atoms with Crippen LogP contribution in [0.5, 0.6) is 0 Å². The minimum atomic E-state index is 0.323. The first-order chi connectivity index (χ1) is 22.8. The van der Waals surface area contributed by atoms with Crippen LogP contribution in [0.1, 0.15) is 41.0 Å². The van der Waals surface area contributed by atoms with Gasteiger partial charge in [0.05, 0.1) is 0 Å². The lowest BCUT2D eigenvalue weighted by molar-refractivity contribution is 0.859. The van der Waals surface area contributed by atoms with Gasteiger partial charge in [-0.05, 0) is 108 Å². The van der Waals surface area contributed by atoms with Crippen molar-refractivity contribution in [3.8, 4) is 22.3 Å². The summed E-state index contributed by atoms with van der Waals surface area (Å²) in [5.74, 6) is 0.323. The van der Waals surface area contributed by atoms with E-state index >= 15 is 0 Å². The molecule has 9 rings (SSSR count). The summed E-state index contributed by atoms with van der Waals surface area (Å²) in [6, 6.07) is 49.7. The fourth-order valence-electron chi connectivity index (χ4n) is 7.72. The van der Waals surface area contributed by atoms with Gasteiger partial charge in [-0.15, -0.1) is 0 Å². The Morgan fingerprint density at radius 2 is 1.22 bits per heavy atom. The van der Waals surface area contributed by atoms with E-state index in [2.05, 4.69) is 164 Å². The van der Waals surface area contributed by atoms with Crippen molar-refractivity contribution in [3.63, 3.8) is 0 Å². The second-order valence-corrected chi connectivity index (χ2v) is 12.7. The first-order valence-electron chi connectivity index (χ1n) is 16.5. The molecule has 1 unspecified atom stereocenters. The van der Waals surface area contributed by atoms with Gasteiger partial charge in [0.25, 0.3) is 0 Å². The van der Waals surface area contributed by atoms with Crippen LogP contribution in [0.2, 0.25) is 0 Å². The Morgan fingerprint density at radius 3 is 2.11 bits per heavy atom. The lowest BCUT2D eigenvalue weighted by Gasteiger charge is -2.23. The smallest absolute Gasteiger partial charge is 0.00620 e. The maximum atomic E-state index is 2.52. The monoisotopic (exact) mass is 586 g/mol. The van der Waals surface area contributed by atoms with Crippen LogP contribution in [-0.4, -0.2) is 0 Å². The van der Waals surface area contributed by atoms with Gasteiger partial charge in [-0.25, -0.2) is 0 Å². The van der Waals surface area contributed by atoms with Crippen LogP contribution in [-0.2, 0) is 6.42 Å². The molecule has 0 amide bonds. The minimum Gasteiger partial charge on any atom is -0.0836 e. The van der Waals surface area contributed by atoms with Crippen LogP contribution in [0, 0.1) is 0 Å². The van der Waals surface area contributed by atoms with Crippen LogP contribution in [0.25, 0.3) is 66.2 Å². The van der Waals surface area contributed by atoms with Crippen LogP contribution < -0.4 is 0 Å². The van der Waals surface area contributed by atoms with E-state index in [0.29, 0.717) is 5.92 Å². The second kappa shape index (κ2) is 11.2. The molecule has 2 aliphatic rings. The second-order valence-electron chi connectivity index (χ2n) is 12.7. The summed E-state index contributed by atoms with van der Waals surface area (Å²) in [6.07, 6.45) is 15.0. The summed E-state index contributed by atoms with van der Waals surface area (Å²) in [5, 5.41) is 7.80. The molecule has 0 radical (unpaired) electrons. The van der Waals surface area contributed by atoms with E-state index in [1.807, 2.05) is 0 Å². The van der Waals surface area contributed by atoms with Crippen molar-refractivity contribution in [1.29, 1.82) is 0 Å². The summed E-state index contributed by atoms with van der Waals surface area (Å²) in [6.45, 7) is 0. The van der Waals surface area contributed by atoms with Gasteiger partial charge in [0.15, 0.2) is 0 Å². The first kappa shape index (κ1) is 26.9. The Bertz CT molecular complexity index is 2380. The number of benzene rings is 7. The van der Waals surface area contributed by atoms with E-state index in [1.165, 1.54) is 82.4 Å². The molecule has 0 heterocycles. The van der Waals surface area contributed by atoms with Crippen LogP contribution in [0.4, 0.5) is 0 Å². The molecule has 218 valence electrons. The number of aryl methyl sites for hydroxylation is 1. The largest absolute Gasteiger partial charge is 0.0836 e. The van der Waals surface area contributed by atoms with Crippen molar-refractivity contribution in [2.75, 3.05) is 0 Å². The molecular formula is C46H34. The van der Waals surface area contributed by atoms with E-state index in [9.17, 15) is 0 Å². The molecule has 0 saturated carbocycles. The Balaban J connectivity index is 1.29. The Kier molecular flexibility index (Phi) is 6.53. The van der Waals surface area contributed by atoms with Gasteiger partial charge in [0.2, 0.25) is 0 Å². The first-order valence-corrected chi connectivity index (χ1v) is 16.5. The molecular weight excluding hydrogens is 553 g/mol. The Morgan fingerprint density at radius 1 is 0.478 bits per heavy atom. The van der Waals surface area contributed by atoms with Crippen molar-refractivity contribution in [3.05, 3.63) is 180 Å². The van der Waals surface area contributed by atoms with Crippen LogP contribution >= 0.6 is 0 Å². The standard InChI is InChI=1S/C46H34/c1-2-13-33(14-3-1)45-41-19-8-9-20-42(41)46(40-18-10-17-36(29-40)37-23-21-31-11-4-6-15-34(31)27-37)44-30-39(25-26-43(44)45)38-24-22-32-12-5-7-16-35(32)28-38/h1-6,8-15,18-30,36H,7,16-17H2. The van der Waals surface area contributed by atoms with Crippen molar-refractivity contribution < 1.29 is 0 Å². The molecule has 0 nitrogen and oxygen atoms in total. The molecule has 0 saturated heterocycles. The van der Waals surface area contributed by atoms with E-state index in [-0.39, 0.29) is 0 Å². The van der Waals surface area contributed by atoms with Crippen LogP contribution in [0.3, 0.4) is 0 Å². The molecule has 46 heavy (non-hydrogen) atoms. The Labute approximate surface area is 270 Å². The fraction of sp³-hybridized carbons (Fsp3) is 0.0870. The normalized spacial score (nSPS) is 15.7. The average Bonchev–Trinajstić information content (AvgIpc) is 3.13. The number of hydrogen-bond acceptors (Lipinski definition) is 0.